The quantitative estimate of drug-likeness (QED) is 0.420. The van der Waals surface area contributed by atoms with Gasteiger partial charge in [0, 0.05) is 35.3 Å². The smallest absolute Gasteiger partial charge is 0.235 e. The van der Waals surface area contributed by atoms with Crippen molar-refractivity contribution in [1.82, 2.24) is 19.4 Å². The second-order valence-electron chi connectivity index (χ2n) is 9.89. The summed E-state index contributed by atoms with van der Waals surface area (Å²) in [6.07, 6.45) is 6.52. The van der Waals surface area contributed by atoms with Crippen LogP contribution < -0.4 is 5.32 Å². The Morgan fingerprint density at radius 3 is 2.47 bits per heavy atom. The lowest BCUT2D eigenvalue weighted by Gasteiger charge is -2.34. The summed E-state index contributed by atoms with van der Waals surface area (Å²) in [4.78, 5) is 13.6. The zero-order valence-electron chi connectivity index (χ0n) is 19.3. The van der Waals surface area contributed by atoms with Crippen LogP contribution in [0, 0.1) is 17.3 Å². The highest BCUT2D eigenvalue weighted by Crippen LogP contribution is 2.34. The van der Waals surface area contributed by atoms with E-state index in [2.05, 4.69) is 73.9 Å². The van der Waals surface area contributed by atoms with Gasteiger partial charge in [0.05, 0.1) is 0 Å². The topological polar surface area (TPSA) is 55.1 Å². The van der Waals surface area contributed by atoms with Gasteiger partial charge in [0.2, 0.25) is 5.78 Å². The second kappa shape index (κ2) is 8.47. The highest BCUT2D eigenvalue weighted by molar-refractivity contribution is 5.77. The van der Waals surface area contributed by atoms with Crippen LogP contribution in [-0.4, -0.2) is 24.9 Å². The van der Waals surface area contributed by atoms with E-state index in [1.807, 2.05) is 47.0 Å². The summed E-state index contributed by atoms with van der Waals surface area (Å²) in [6, 6.07) is 15.8. The second-order valence-corrected chi connectivity index (χ2v) is 9.89. The van der Waals surface area contributed by atoms with Gasteiger partial charge in [-0.05, 0) is 61.9 Å². The van der Waals surface area contributed by atoms with Gasteiger partial charge >= 0.3 is 0 Å². The molecule has 0 fully saturated rings. The molecule has 0 aliphatic rings. The molecule has 3 heterocycles. The highest BCUT2D eigenvalue weighted by Gasteiger charge is 2.28. The molecule has 0 spiro atoms. The minimum absolute atomic E-state index is 0.130. The van der Waals surface area contributed by atoms with E-state index in [9.17, 15) is 0 Å². The number of benzene rings is 1. The summed E-state index contributed by atoms with van der Waals surface area (Å²) < 4.78 is 2.02. The summed E-state index contributed by atoms with van der Waals surface area (Å²) in [6.45, 7) is 11.2. The van der Waals surface area contributed by atoms with E-state index in [1.54, 1.807) is 12.4 Å². The van der Waals surface area contributed by atoms with Crippen molar-refractivity contribution >= 4 is 11.6 Å². The molecule has 32 heavy (non-hydrogen) atoms. The molecule has 0 amide bonds. The Balaban J connectivity index is 1.75. The molecule has 4 aromatic rings. The van der Waals surface area contributed by atoms with Gasteiger partial charge in [-0.3, -0.25) is 4.40 Å². The molecule has 4 rings (SSSR count). The van der Waals surface area contributed by atoms with Crippen LogP contribution in [0.4, 0.5) is 5.82 Å². The number of pyridine rings is 1. The monoisotopic (exact) mass is 423 g/mol. The molecule has 0 radical (unpaired) electrons. The van der Waals surface area contributed by atoms with Crippen molar-refractivity contribution in [2.75, 3.05) is 5.32 Å². The van der Waals surface area contributed by atoms with Gasteiger partial charge in [0.15, 0.2) is 0 Å². The first-order valence-electron chi connectivity index (χ1n) is 10.9. The summed E-state index contributed by atoms with van der Waals surface area (Å²) in [7, 11) is 0. The van der Waals surface area contributed by atoms with Crippen molar-refractivity contribution in [3.05, 3.63) is 78.4 Å². The highest BCUT2D eigenvalue weighted by atomic mass is 15.2. The number of nitrogens with zero attached hydrogens (tertiary/aromatic N) is 4. The fourth-order valence-corrected chi connectivity index (χ4v) is 4.22. The lowest BCUT2D eigenvalue weighted by atomic mass is 9.82. The predicted octanol–water partition coefficient (Wildman–Crippen LogP) is 5.82. The van der Waals surface area contributed by atoms with E-state index in [0.717, 1.165) is 34.8 Å². The minimum atomic E-state index is -0.130. The van der Waals surface area contributed by atoms with E-state index >= 15 is 0 Å². The Morgan fingerprint density at radius 1 is 0.906 bits per heavy atom. The SMILES string of the molecule is CC(C)(C)CC(C)(C)Nc1c(-c2cccc(C#Cc3ccccn3)c2)nc2ncccn12. The van der Waals surface area contributed by atoms with E-state index in [-0.39, 0.29) is 11.0 Å². The number of aromatic nitrogens is 4. The van der Waals surface area contributed by atoms with Crippen LogP contribution in [0.3, 0.4) is 0 Å². The van der Waals surface area contributed by atoms with Crippen LogP contribution in [0.1, 0.15) is 52.3 Å². The molecule has 0 saturated heterocycles. The number of rotatable bonds is 4. The molecule has 1 aromatic carbocycles. The lowest BCUT2D eigenvalue weighted by molar-refractivity contribution is 0.302. The van der Waals surface area contributed by atoms with Gasteiger partial charge in [0.25, 0.3) is 0 Å². The third kappa shape index (κ3) is 5.15. The minimum Gasteiger partial charge on any atom is -0.364 e. The molecule has 1 N–H and O–H groups in total. The predicted molar refractivity (Wildman–Crippen MR) is 130 cm³/mol. The van der Waals surface area contributed by atoms with E-state index in [0.29, 0.717) is 5.78 Å². The molecule has 0 aliphatic carbocycles. The molecule has 0 aliphatic heterocycles. The maximum Gasteiger partial charge on any atom is 0.235 e. The number of hydrogen-bond donors (Lipinski definition) is 1. The first-order chi connectivity index (χ1) is 15.2. The van der Waals surface area contributed by atoms with Crippen LogP contribution in [0.15, 0.2) is 67.1 Å². The molecular formula is C27H29N5. The average Bonchev–Trinajstić information content (AvgIpc) is 3.09. The molecule has 0 atom stereocenters. The zero-order valence-corrected chi connectivity index (χ0v) is 19.3. The van der Waals surface area contributed by atoms with Crippen LogP contribution in [0.2, 0.25) is 0 Å². The zero-order chi connectivity index (χ0) is 22.8. The molecule has 5 nitrogen and oxygen atoms in total. The average molecular weight is 424 g/mol. The summed E-state index contributed by atoms with van der Waals surface area (Å²) in [5, 5.41) is 3.76. The third-order valence-electron chi connectivity index (χ3n) is 4.97. The van der Waals surface area contributed by atoms with Gasteiger partial charge in [-0.25, -0.2) is 15.0 Å². The molecule has 162 valence electrons. The Bertz CT molecular complexity index is 1280. The van der Waals surface area contributed by atoms with Crippen LogP contribution in [-0.2, 0) is 0 Å². The summed E-state index contributed by atoms with van der Waals surface area (Å²) >= 11 is 0. The number of anilines is 1. The van der Waals surface area contributed by atoms with Gasteiger partial charge in [-0.1, -0.05) is 44.9 Å². The van der Waals surface area contributed by atoms with Crippen molar-refractivity contribution in [2.45, 2.75) is 46.6 Å². The largest absolute Gasteiger partial charge is 0.364 e. The molecular weight excluding hydrogens is 394 g/mol. The normalized spacial score (nSPS) is 11.8. The molecule has 0 unspecified atom stereocenters. The molecule has 0 bridgehead atoms. The van der Waals surface area contributed by atoms with Crippen molar-refractivity contribution in [3.8, 4) is 23.1 Å². The van der Waals surface area contributed by atoms with Gasteiger partial charge < -0.3 is 5.32 Å². The number of fused-ring (bicyclic) bond motifs is 1. The number of imidazole rings is 1. The number of hydrogen-bond acceptors (Lipinski definition) is 4. The van der Waals surface area contributed by atoms with E-state index in [4.69, 9.17) is 4.98 Å². The van der Waals surface area contributed by atoms with Crippen molar-refractivity contribution in [3.63, 3.8) is 0 Å². The Morgan fingerprint density at radius 2 is 1.72 bits per heavy atom. The maximum absolute atomic E-state index is 4.85. The van der Waals surface area contributed by atoms with Gasteiger partial charge in [0.1, 0.15) is 17.2 Å². The van der Waals surface area contributed by atoms with Crippen molar-refractivity contribution in [1.29, 1.82) is 0 Å². The van der Waals surface area contributed by atoms with Crippen LogP contribution in [0.25, 0.3) is 17.0 Å². The Labute approximate surface area is 190 Å². The Hall–Kier alpha value is -3.65. The standard InChI is InChI=1S/C27H29N5/c1-26(2,3)19-27(4,5)31-24-23(30-25-29-16-9-17-32(24)25)21-11-8-10-20(18-21)13-14-22-12-6-7-15-28-22/h6-12,15-18,31H,19H2,1-5H3. The van der Waals surface area contributed by atoms with Crippen molar-refractivity contribution in [2.24, 2.45) is 5.41 Å². The maximum atomic E-state index is 4.85. The molecule has 0 saturated carbocycles. The van der Waals surface area contributed by atoms with Crippen LogP contribution in [0.5, 0.6) is 0 Å². The summed E-state index contributed by atoms with van der Waals surface area (Å²) in [5.74, 6) is 7.96. The van der Waals surface area contributed by atoms with Gasteiger partial charge in [-0.15, -0.1) is 0 Å². The molecule has 5 heteroatoms. The fourth-order valence-electron chi connectivity index (χ4n) is 4.22. The molecule has 3 aromatic heterocycles. The summed E-state index contributed by atoms with van der Waals surface area (Å²) in [5.41, 5.74) is 3.59. The fraction of sp³-hybridized carbons (Fsp3) is 0.296. The third-order valence-corrected chi connectivity index (χ3v) is 4.97. The first kappa shape index (κ1) is 21.6. The first-order valence-corrected chi connectivity index (χ1v) is 10.9. The number of nitrogens with one attached hydrogen (secondary N) is 1. The Kier molecular flexibility index (Phi) is 5.71. The van der Waals surface area contributed by atoms with Crippen molar-refractivity contribution < 1.29 is 0 Å². The van der Waals surface area contributed by atoms with E-state index in [1.165, 1.54) is 0 Å². The van der Waals surface area contributed by atoms with Crippen LogP contribution >= 0.6 is 0 Å². The van der Waals surface area contributed by atoms with E-state index < -0.39 is 0 Å². The van der Waals surface area contributed by atoms with Gasteiger partial charge in [-0.2, -0.15) is 0 Å². The lowest BCUT2D eigenvalue weighted by Crippen LogP contribution is -2.36.